The van der Waals surface area contributed by atoms with E-state index < -0.39 is 17.2 Å². The lowest BCUT2D eigenvalue weighted by atomic mass is 9.95. The summed E-state index contributed by atoms with van der Waals surface area (Å²) >= 11 is -0.750. The lowest BCUT2D eigenvalue weighted by molar-refractivity contribution is -0.144. The van der Waals surface area contributed by atoms with Crippen molar-refractivity contribution in [3.63, 3.8) is 0 Å². The number of carbonyl (C=O) groups is 1. The molecule has 2 N–H and O–H groups in total. The maximum Gasteiger partial charge on any atom is 0.335 e. The highest BCUT2D eigenvalue weighted by Gasteiger charge is 2.36. The van der Waals surface area contributed by atoms with Crippen molar-refractivity contribution in [2.45, 2.75) is 26.4 Å². The van der Waals surface area contributed by atoms with Crippen LogP contribution >= 0.6 is 0 Å². The van der Waals surface area contributed by atoms with Crippen LogP contribution in [0.2, 0.25) is 0 Å². The molecule has 0 saturated carbocycles. The fourth-order valence-corrected chi connectivity index (χ4v) is 2.95. The van der Waals surface area contributed by atoms with Gasteiger partial charge in [-0.2, -0.15) is 8.42 Å². The van der Waals surface area contributed by atoms with Crippen LogP contribution in [0, 0.1) is 0 Å². The molecule has 0 spiro atoms. The fraction of sp³-hybridized carbons (Fsp3) is 0.174. The molecule has 0 bridgehead atoms. The van der Waals surface area contributed by atoms with E-state index in [1.807, 2.05) is 57.2 Å². The number of esters is 1. The summed E-state index contributed by atoms with van der Waals surface area (Å²) in [5.41, 5.74) is 10.8. The Kier molecular flexibility index (Phi) is 7.45. The van der Waals surface area contributed by atoms with E-state index in [0.717, 1.165) is 28.0 Å². The maximum absolute atomic E-state index is 11.7. The molecular weight excluding hydrogens is 386 g/mol. The van der Waals surface area contributed by atoms with Gasteiger partial charge in [0.05, 0.1) is 0 Å². The third-order valence-electron chi connectivity index (χ3n) is 4.49. The number of carbonyl (C=O) groups excluding carboxylic acids is 1. The van der Waals surface area contributed by atoms with Crippen LogP contribution in [-0.2, 0) is 21.1 Å². The molecule has 150 valence electrons. The number of benzene rings is 2. The lowest BCUT2D eigenvalue weighted by Gasteiger charge is -2.19. The molecule has 0 fully saturated rings. The summed E-state index contributed by atoms with van der Waals surface area (Å²) in [7, 11) is 0. The Morgan fingerprint density at radius 2 is 1.21 bits per heavy atom. The Morgan fingerprint density at radius 1 is 0.828 bits per heavy atom. The Morgan fingerprint density at radius 3 is 1.59 bits per heavy atom. The zero-order valence-electron chi connectivity index (χ0n) is 16.5. The second kappa shape index (κ2) is 9.80. The standard InChI is InChI=1S/C23H23NO2.O2S/c1-16-21(23(2,3)26-22(16)25)15-12-18-7-4-17(5-8-18)6-9-19-10-13-20(24)14-11-19;1-3-2/h4-15H,24H2,1-3H3;/b9-6+,15-12+;. The third-order valence-corrected chi connectivity index (χ3v) is 4.49. The molecule has 29 heavy (non-hydrogen) atoms. The van der Waals surface area contributed by atoms with Gasteiger partial charge in [-0.3, -0.25) is 0 Å². The molecule has 0 amide bonds. The highest BCUT2D eigenvalue weighted by Crippen LogP contribution is 2.33. The minimum absolute atomic E-state index is 0.238. The van der Waals surface area contributed by atoms with Crippen molar-refractivity contribution in [1.29, 1.82) is 0 Å². The molecule has 1 heterocycles. The van der Waals surface area contributed by atoms with Crippen molar-refractivity contribution in [2.75, 3.05) is 5.73 Å². The molecule has 2 aromatic carbocycles. The van der Waals surface area contributed by atoms with Gasteiger partial charge in [0.1, 0.15) is 5.60 Å². The van der Waals surface area contributed by atoms with Crippen LogP contribution in [0.25, 0.3) is 18.2 Å². The number of hydrogen-bond donors (Lipinski definition) is 1. The van der Waals surface area contributed by atoms with Crippen molar-refractivity contribution in [1.82, 2.24) is 0 Å². The molecule has 1 aliphatic heterocycles. The molecule has 0 atom stereocenters. The molecule has 1 aliphatic rings. The summed E-state index contributed by atoms with van der Waals surface area (Å²) in [4.78, 5) is 11.7. The van der Waals surface area contributed by atoms with Gasteiger partial charge in [0.2, 0.25) is 0 Å². The van der Waals surface area contributed by atoms with Gasteiger partial charge >= 0.3 is 17.5 Å². The first-order valence-electron chi connectivity index (χ1n) is 8.95. The summed E-state index contributed by atoms with van der Waals surface area (Å²) in [5, 5.41) is 0. The van der Waals surface area contributed by atoms with Crippen molar-refractivity contribution in [3.05, 3.63) is 82.4 Å². The number of hydrogen-bond acceptors (Lipinski definition) is 5. The van der Waals surface area contributed by atoms with E-state index in [1.165, 1.54) is 0 Å². The topological polar surface area (TPSA) is 86.5 Å². The van der Waals surface area contributed by atoms with Gasteiger partial charge < -0.3 is 10.5 Å². The molecule has 2 aromatic rings. The molecule has 0 radical (unpaired) electrons. The van der Waals surface area contributed by atoms with Crippen LogP contribution in [0.4, 0.5) is 5.69 Å². The smallest absolute Gasteiger partial charge is 0.335 e. The van der Waals surface area contributed by atoms with Crippen LogP contribution in [-0.4, -0.2) is 20.0 Å². The summed E-state index contributed by atoms with van der Waals surface area (Å²) in [6.07, 6.45) is 8.11. The number of nitrogens with two attached hydrogens (primary N) is 1. The maximum atomic E-state index is 11.7. The molecule has 0 saturated heterocycles. The van der Waals surface area contributed by atoms with Gasteiger partial charge in [-0.25, -0.2) is 4.79 Å². The first-order chi connectivity index (χ1) is 13.8. The molecule has 6 heteroatoms. The van der Waals surface area contributed by atoms with Gasteiger partial charge in [-0.1, -0.05) is 60.7 Å². The first-order valence-corrected chi connectivity index (χ1v) is 9.62. The predicted octanol–water partition coefficient (Wildman–Crippen LogP) is 4.43. The molecule has 0 aromatic heterocycles. The molecule has 0 aliphatic carbocycles. The zero-order valence-corrected chi connectivity index (χ0v) is 17.4. The summed E-state index contributed by atoms with van der Waals surface area (Å²) < 4.78 is 22.0. The first kappa shape index (κ1) is 22.0. The number of anilines is 1. The van der Waals surface area contributed by atoms with E-state index in [1.54, 1.807) is 0 Å². The second-order valence-corrected chi connectivity index (χ2v) is 7.14. The van der Waals surface area contributed by atoms with Gasteiger partial charge in [-0.15, -0.1) is 0 Å². The largest absolute Gasteiger partial charge is 0.451 e. The lowest BCUT2D eigenvalue weighted by Crippen LogP contribution is -2.22. The summed E-state index contributed by atoms with van der Waals surface area (Å²) in [6.45, 7) is 5.63. The van der Waals surface area contributed by atoms with Gasteiger partial charge in [0.25, 0.3) is 0 Å². The van der Waals surface area contributed by atoms with Gasteiger partial charge in [0, 0.05) is 16.8 Å². The Balaban J connectivity index is 0.000000941. The monoisotopic (exact) mass is 409 g/mol. The normalized spacial score (nSPS) is 15.3. The van der Waals surface area contributed by atoms with Crippen molar-refractivity contribution in [2.24, 2.45) is 0 Å². The average Bonchev–Trinajstić information content (AvgIpc) is 2.88. The van der Waals surface area contributed by atoms with Crippen LogP contribution in [0.5, 0.6) is 0 Å². The summed E-state index contributed by atoms with van der Waals surface area (Å²) in [5.74, 6) is -0.238. The molecule has 3 rings (SSSR count). The minimum Gasteiger partial charge on any atom is -0.451 e. The fourth-order valence-electron chi connectivity index (χ4n) is 2.95. The zero-order chi connectivity index (χ0) is 21.4. The minimum atomic E-state index is -0.750. The number of ether oxygens (including phenoxy) is 1. The molecule has 0 unspecified atom stereocenters. The van der Waals surface area contributed by atoms with E-state index in [-0.39, 0.29) is 5.97 Å². The average molecular weight is 410 g/mol. The summed E-state index contributed by atoms with van der Waals surface area (Å²) in [6, 6.07) is 16.0. The Bertz CT molecular complexity index is 994. The van der Waals surface area contributed by atoms with Crippen LogP contribution in [0.3, 0.4) is 0 Å². The van der Waals surface area contributed by atoms with Crippen molar-refractivity contribution >= 4 is 41.5 Å². The van der Waals surface area contributed by atoms with Gasteiger partial charge in [-0.05, 0) is 49.6 Å². The number of cyclic esters (lactones) is 1. The van der Waals surface area contributed by atoms with E-state index in [2.05, 4.69) is 36.4 Å². The Labute approximate surface area is 174 Å². The van der Waals surface area contributed by atoms with E-state index >= 15 is 0 Å². The van der Waals surface area contributed by atoms with Crippen molar-refractivity contribution in [3.8, 4) is 0 Å². The second-order valence-electron chi connectivity index (χ2n) is 7.01. The van der Waals surface area contributed by atoms with E-state index in [0.29, 0.717) is 5.57 Å². The Hall–Kier alpha value is -3.25. The third kappa shape index (κ3) is 6.12. The van der Waals surface area contributed by atoms with Crippen molar-refractivity contribution < 1.29 is 17.9 Å². The highest BCUT2D eigenvalue weighted by molar-refractivity contribution is 7.51. The van der Waals surface area contributed by atoms with E-state index in [9.17, 15) is 4.79 Å². The van der Waals surface area contributed by atoms with E-state index in [4.69, 9.17) is 18.9 Å². The number of rotatable bonds is 4. The quantitative estimate of drug-likeness (QED) is 0.458. The van der Waals surface area contributed by atoms with Crippen LogP contribution < -0.4 is 5.73 Å². The van der Waals surface area contributed by atoms with Crippen LogP contribution in [0.1, 0.15) is 37.5 Å². The highest BCUT2D eigenvalue weighted by atomic mass is 32.1. The predicted molar refractivity (Wildman–Crippen MR) is 117 cm³/mol. The van der Waals surface area contributed by atoms with Gasteiger partial charge in [0.15, 0.2) is 0 Å². The van der Waals surface area contributed by atoms with Crippen LogP contribution in [0.15, 0.2) is 65.8 Å². The molecular formula is C23H23NO4S. The molecule has 5 nitrogen and oxygen atoms in total. The SMILES string of the molecule is CC1=C(/C=C/c2ccc(/C=C/c3ccc(N)cc3)cc2)C(C)(C)OC1=O.O=S=O. The number of nitrogen functional groups attached to an aromatic ring is 1.